The molecule has 0 aliphatic carbocycles. The van der Waals surface area contributed by atoms with Crippen LogP contribution < -0.4 is 4.72 Å². The molecular weight excluding hydrogens is 341 g/mol. The van der Waals surface area contributed by atoms with Crippen molar-refractivity contribution in [2.24, 2.45) is 5.92 Å². The van der Waals surface area contributed by atoms with Crippen molar-refractivity contribution < 1.29 is 18.3 Å². The molecule has 0 saturated carbocycles. The molecule has 132 valence electrons. The summed E-state index contributed by atoms with van der Waals surface area (Å²) in [5, 5.41) is 1.78. The van der Waals surface area contributed by atoms with Gasteiger partial charge in [0.05, 0.1) is 7.11 Å². The minimum Gasteiger partial charge on any atom is -0.468 e. The summed E-state index contributed by atoms with van der Waals surface area (Å²) in [5.74, 6) is -0.226. The van der Waals surface area contributed by atoms with Crippen LogP contribution in [0.4, 0.5) is 4.39 Å². The lowest BCUT2D eigenvalue weighted by molar-refractivity contribution is -0.142. The smallest absolute Gasteiger partial charge is 0.323 e. The molecule has 1 heterocycles. The van der Waals surface area contributed by atoms with E-state index in [1.807, 2.05) is 18.2 Å². The Kier molecular flexibility index (Phi) is 5.30. The number of rotatable bonds is 6. The van der Waals surface area contributed by atoms with Gasteiger partial charge in [-0.1, -0.05) is 13.8 Å². The Morgan fingerprint density at radius 3 is 2.72 bits per heavy atom. The zero-order valence-electron chi connectivity index (χ0n) is 14.3. The zero-order chi connectivity index (χ0) is 18.0. The normalized spacial score (nSPS) is 12.8. The number of nitrogens with one attached hydrogen (secondary N) is 1. The molecule has 1 unspecified atom stereocenters. The highest BCUT2D eigenvalue weighted by molar-refractivity contribution is 7.97. The largest absolute Gasteiger partial charge is 0.468 e. The van der Waals surface area contributed by atoms with Crippen molar-refractivity contribution in [2.75, 3.05) is 7.11 Å². The second-order valence-electron chi connectivity index (χ2n) is 6.33. The molecule has 3 aromatic rings. The minimum absolute atomic E-state index is 0.272. The maximum Gasteiger partial charge on any atom is 0.323 e. The van der Waals surface area contributed by atoms with Crippen molar-refractivity contribution in [3.05, 3.63) is 42.2 Å². The van der Waals surface area contributed by atoms with E-state index >= 15 is 0 Å². The molecule has 0 fully saturated rings. The Balaban J connectivity index is 1.83. The number of benzene rings is 2. The van der Waals surface area contributed by atoms with Gasteiger partial charge in [-0.05, 0) is 54.6 Å². The zero-order valence-corrected chi connectivity index (χ0v) is 15.2. The molecule has 1 atom stereocenters. The van der Waals surface area contributed by atoms with Gasteiger partial charge < -0.3 is 9.15 Å². The first-order valence-electron chi connectivity index (χ1n) is 8.10. The van der Waals surface area contributed by atoms with Crippen LogP contribution in [-0.4, -0.2) is 19.1 Å². The van der Waals surface area contributed by atoms with Crippen LogP contribution in [0, 0.1) is 11.7 Å². The highest BCUT2D eigenvalue weighted by Crippen LogP contribution is 2.32. The van der Waals surface area contributed by atoms with Crippen LogP contribution in [0.3, 0.4) is 0 Å². The molecular formula is C19H20FNO3S. The number of carbonyl (C=O) groups excluding carboxylic acids is 1. The summed E-state index contributed by atoms with van der Waals surface area (Å²) in [6.07, 6.45) is 0.690. The van der Waals surface area contributed by atoms with E-state index in [2.05, 4.69) is 18.6 Å². The predicted molar refractivity (Wildman–Crippen MR) is 97.9 cm³/mol. The number of carbonyl (C=O) groups is 1. The Labute approximate surface area is 149 Å². The third-order valence-corrected chi connectivity index (χ3v) is 4.81. The molecule has 0 radical (unpaired) electrons. The molecule has 2 aromatic carbocycles. The molecule has 3 rings (SSSR count). The van der Waals surface area contributed by atoms with Gasteiger partial charge in [0.2, 0.25) is 0 Å². The maximum absolute atomic E-state index is 13.3. The van der Waals surface area contributed by atoms with Crippen molar-refractivity contribution in [1.82, 2.24) is 4.72 Å². The number of ether oxygens (including phenoxy) is 1. The molecule has 0 bridgehead atoms. The standard InChI is InChI=1S/C19H20FNO3S/c1-11(2)8-16(19(22)23-3)21-25-13-5-7-17-15(10-13)14-6-4-12(20)9-18(14)24-17/h4-7,9-11,16,21H,8H2,1-3H3. The van der Waals surface area contributed by atoms with Crippen LogP contribution in [0.2, 0.25) is 0 Å². The maximum atomic E-state index is 13.3. The van der Waals surface area contributed by atoms with Crippen LogP contribution in [0.1, 0.15) is 20.3 Å². The van der Waals surface area contributed by atoms with Crippen molar-refractivity contribution in [3.8, 4) is 0 Å². The van der Waals surface area contributed by atoms with Crippen LogP contribution in [0.25, 0.3) is 21.9 Å². The highest BCUT2D eigenvalue weighted by atomic mass is 32.2. The number of furan rings is 1. The van der Waals surface area contributed by atoms with E-state index in [1.165, 1.54) is 31.2 Å². The first kappa shape index (κ1) is 17.8. The van der Waals surface area contributed by atoms with E-state index < -0.39 is 0 Å². The van der Waals surface area contributed by atoms with Crippen molar-refractivity contribution in [3.63, 3.8) is 0 Å². The predicted octanol–water partition coefficient (Wildman–Crippen LogP) is 4.91. The Morgan fingerprint density at radius 2 is 2.00 bits per heavy atom. The summed E-state index contributed by atoms with van der Waals surface area (Å²) in [7, 11) is 1.39. The fourth-order valence-electron chi connectivity index (χ4n) is 2.74. The summed E-state index contributed by atoms with van der Waals surface area (Å²) in [6.45, 7) is 4.12. The third kappa shape index (κ3) is 3.96. The highest BCUT2D eigenvalue weighted by Gasteiger charge is 2.20. The molecule has 0 aliphatic heterocycles. The van der Waals surface area contributed by atoms with Gasteiger partial charge in [-0.15, -0.1) is 0 Å². The number of methoxy groups -OCH3 is 1. The SMILES string of the molecule is COC(=O)C(CC(C)C)NSc1ccc2oc3cc(F)ccc3c2c1. The number of hydrogen-bond donors (Lipinski definition) is 1. The van der Waals surface area contributed by atoms with Gasteiger partial charge in [0, 0.05) is 21.7 Å². The first-order valence-corrected chi connectivity index (χ1v) is 8.91. The lowest BCUT2D eigenvalue weighted by atomic mass is 10.1. The average Bonchev–Trinajstić information content (AvgIpc) is 2.94. The average molecular weight is 361 g/mol. The number of halogens is 1. The van der Waals surface area contributed by atoms with Crippen LogP contribution >= 0.6 is 11.9 Å². The van der Waals surface area contributed by atoms with Gasteiger partial charge in [-0.2, -0.15) is 0 Å². The van der Waals surface area contributed by atoms with E-state index in [-0.39, 0.29) is 17.8 Å². The summed E-state index contributed by atoms with van der Waals surface area (Å²) < 4.78 is 27.1. The second kappa shape index (κ2) is 7.45. The first-order chi connectivity index (χ1) is 12.0. The van der Waals surface area contributed by atoms with E-state index in [0.717, 1.165) is 15.7 Å². The fraction of sp³-hybridized carbons (Fsp3) is 0.316. The van der Waals surface area contributed by atoms with Crippen molar-refractivity contribution >= 4 is 39.9 Å². The topological polar surface area (TPSA) is 51.5 Å². The van der Waals surface area contributed by atoms with Crippen molar-refractivity contribution in [2.45, 2.75) is 31.2 Å². The van der Waals surface area contributed by atoms with Gasteiger partial charge in [-0.3, -0.25) is 4.79 Å². The summed E-state index contributed by atoms with van der Waals surface area (Å²) in [5.41, 5.74) is 1.23. The van der Waals surface area contributed by atoms with Gasteiger partial charge in [0.25, 0.3) is 0 Å². The molecule has 0 aliphatic rings. The lowest BCUT2D eigenvalue weighted by Crippen LogP contribution is -2.34. The van der Waals surface area contributed by atoms with E-state index in [1.54, 1.807) is 6.07 Å². The molecule has 1 aromatic heterocycles. The summed E-state index contributed by atoms with van der Waals surface area (Å²) >= 11 is 1.38. The fourth-order valence-corrected chi connectivity index (χ4v) is 3.52. The number of hydrogen-bond acceptors (Lipinski definition) is 5. The molecule has 4 nitrogen and oxygen atoms in total. The third-order valence-electron chi connectivity index (χ3n) is 3.92. The molecule has 0 saturated heterocycles. The Morgan fingerprint density at radius 1 is 1.20 bits per heavy atom. The van der Waals surface area contributed by atoms with Crippen molar-refractivity contribution in [1.29, 1.82) is 0 Å². The monoisotopic (exact) mass is 361 g/mol. The van der Waals surface area contributed by atoms with Crippen LogP contribution in [0.15, 0.2) is 45.7 Å². The Bertz CT molecular complexity index is 906. The number of esters is 1. The van der Waals surface area contributed by atoms with Gasteiger partial charge in [0.1, 0.15) is 23.0 Å². The molecule has 0 amide bonds. The van der Waals surface area contributed by atoms with Gasteiger partial charge in [0.15, 0.2) is 0 Å². The van der Waals surface area contributed by atoms with E-state index in [0.29, 0.717) is 23.5 Å². The quantitative estimate of drug-likeness (QED) is 0.499. The molecule has 6 heteroatoms. The summed E-state index contributed by atoms with van der Waals surface area (Å²) in [6, 6.07) is 9.88. The molecule has 1 N–H and O–H groups in total. The Hall–Kier alpha value is -2.05. The van der Waals surface area contributed by atoms with Crippen LogP contribution in [-0.2, 0) is 9.53 Å². The molecule has 25 heavy (non-hydrogen) atoms. The van der Waals surface area contributed by atoms with E-state index in [9.17, 15) is 9.18 Å². The second-order valence-corrected chi connectivity index (χ2v) is 7.24. The molecule has 0 spiro atoms. The number of fused-ring (bicyclic) bond motifs is 3. The van der Waals surface area contributed by atoms with E-state index in [4.69, 9.17) is 9.15 Å². The van der Waals surface area contributed by atoms with Crippen LogP contribution in [0.5, 0.6) is 0 Å². The lowest BCUT2D eigenvalue weighted by Gasteiger charge is -2.17. The summed E-state index contributed by atoms with van der Waals surface area (Å²) in [4.78, 5) is 12.8. The van der Waals surface area contributed by atoms with Gasteiger partial charge in [-0.25, -0.2) is 9.11 Å². The van der Waals surface area contributed by atoms with Gasteiger partial charge >= 0.3 is 5.97 Å². The minimum atomic E-state index is -0.374.